The van der Waals surface area contributed by atoms with Crippen molar-refractivity contribution in [1.29, 1.82) is 0 Å². The third kappa shape index (κ3) is 2.97. The standard InChI is InChI=1S/C19H19NO3/c1-19(2)16(13-14-9-5-3-6-10-14)20(18(22)23-19)17(21)15-11-7-4-8-12-15/h3-12,16H,13H2,1-2H3/t16-/m0/s1. The van der Waals surface area contributed by atoms with Crippen molar-refractivity contribution in [2.45, 2.75) is 31.9 Å². The maximum Gasteiger partial charge on any atom is 0.417 e. The molecule has 1 aliphatic heterocycles. The lowest BCUT2D eigenvalue weighted by Crippen LogP contribution is -2.46. The fraction of sp³-hybridized carbons (Fsp3) is 0.263. The molecule has 3 rings (SSSR count). The maximum atomic E-state index is 12.8. The number of imide groups is 1. The lowest BCUT2D eigenvalue weighted by Gasteiger charge is -2.28. The fourth-order valence-electron chi connectivity index (χ4n) is 2.90. The quantitative estimate of drug-likeness (QED) is 0.869. The Balaban J connectivity index is 1.93. The van der Waals surface area contributed by atoms with Crippen LogP contribution in [-0.2, 0) is 11.2 Å². The molecule has 0 N–H and O–H groups in total. The average Bonchev–Trinajstić information content (AvgIpc) is 2.77. The highest BCUT2D eigenvalue weighted by molar-refractivity contribution is 6.04. The predicted octanol–water partition coefficient (Wildman–Crippen LogP) is 3.67. The number of carbonyl (C=O) groups is 2. The third-order valence-electron chi connectivity index (χ3n) is 4.17. The predicted molar refractivity (Wildman–Crippen MR) is 87.1 cm³/mol. The number of ether oxygens (including phenoxy) is 1. The SMILES string of the molecule is CC1(C)OC(=O)N(C(=O)c2ccccc2)[C@H]1Cc1ccccc1. The lowest BCUT2D eigenvalue weighted by atomic mass is 9.92. The van der Waals surface area contributed by atoms with Gasteiger partial charge in [-0.25, -0.2) is 9.69 Å². The molecule has 23 heavy (non-hydrogen) atoms. The molecule has 0 spiro atoms. The molecule has 0 saturated carbocycles. The van der Waals surface area contributed by atoms with Crippen LogP contribution < -0.4 is 0 Å². The van der Waals surface area contributed by atoms with Gasteiger partial charge in [-0.2, -0.15) is 0 Å². The molecular weight excluding hydrogens is 290 g/mol. The first-order chi connectivity index (χ1) is 11.0. The first-order valence-electron chi connectivity index (χ1n) is 7.64. The molecule has 0 aromatic heterocycles. The van der Waals surface area contributed by atoms with E-state index in [9.17, 15) is 9.59 Å². The molecule has 1 fully saturated rings. The number of benzene rings is 2. The fourth-order valence-corrected chi connectivity index (χ4v) is 2.90. The summed E-state index contributed by atoms with van der Waals surface area (Å²) in [6, 6.07) is 18.3. The Kier molecular flexibility index (Phi) is 3.90. The molecule has 2 aromatic carbocycles. The monoisotopic (exact) mass is 309 g/mol. The van der Waals surface area contributed by atoms with E-state index >= 15 is 0 Å². The van der Waals surface area contributed by atoms with Crippen molar-refractivity contribution in [3.8, 4) is 0 Å². The minimum atomic E-state index is -0.725. The minimum Gasteiger partial charge on any atom is -0.441 e. The summed E-state index contributed by atoms with van der Waals surface area (Å²) in [6.07, 6.45) is -0.0113. The molecule has 2 amide bonds. The van der Waals surface area contributed by atoms with Crippen LogP contribution in [0.3, 0.4) is 0 Å². The Morgan fingerprint density at radius 2 is 1.61 bits per heavy atom. The molecule has 0 aliphatic carbocycles. The smallest absolute Gasteiger partial charge is 0.417 e. The van der Waals surface area contributed by atoms with E-state index in [1.165, 1.54) is 4.90 Å². The average molecular weight is 309 g/mol. The second-order valence-electron chi connectivity index (χ2n) is 6.22. The van der Waals surface area contributed by atoms with Crippen LogP contribution in [0.2, 0.25) is 0 Å². The molecule has 1 aliphatic rings. The van der Waals surface area contributed by atoms with Gasteiger partial charge < -0.3 is 4.74 Å². The zero-order valence-electron chi connectivity index (χ0n) is 13.2. The largest absolute Gasteiger partial charge is 0.441 e. The van der Waals surface area contributed by atoms with Crippen molar-refractivity contribution in [2.24, 2.45) is 0 Å². The summed E-state index contributed by atoms with van der Waals surface area (Å²) < 4.78 is 5.45. The normalized spacial score (nSPS) is 19.5. The van der Waals surface area contributed by atoms with Crippen LogP contribution in [0, 0.1) is 0 Å². The van der Waals surface area contributed by atoms with Crippen LogP contribution >= 0.6 is 0 Å². The number of cyclic esters (lactones) is 1. The van der Waals surface area contributed by atoms with Gasteiger partial charge in [-0.15, -0.1) is 0 Å². The van der Waals surface area contributed by atoms with Crippen molar-refractivity contribution in [3.63, 3.8) is 0 Å². The van der Waals surface area contributed by atoms with Crippen molar-refractivity contribution in [3.05, 3.63) is 71.8 Å². The van der Waals surface area contributed by atoms with Gasteiger partial charge in [0.15, 0.2) is 0 Å². The van der Waals surface area contributed by atoms with E-state index in [1.807, 2.05) is 50.2 Å². The Labute approximate surface area is 135 Å². The molecule has 4 heteroatoms. The highest BCUT2D eigenvalue weighted by Gasteiger charge is 2.50. The summed E-state index contributed by atoms with van der Waals surface area (Å²) >= 11 is 0. The maximum absolute atomic E-state index is 12.8. The molecule has 0 radical (unpaired) electrons. The summed E-state index contributed by atoms with van der Waals surface area (Å²) in [5, 5.41) is 0. The van der Waals surface area contributed by atoms with E-state index < -0.39 is 11.7 Å². The van der Waals surface area contributed by atoms with Crippen LogP contribution in [0.5, 0.6) is 0 Å². The van der Waals surface area contributed by atoms with E-state index in [2.05, 4.69) is 0 Å². The van der Waals surface area contributed by atoms with Gasteiger partial charge in [0.1, 0.15) is 5.60 Å². The van der Waals surface area contributed by atoms with Crippen LogP contribution in [0.15, 0.2) is 60.7 Å². The van der Waals surface area contributed by atoms with E-state index in [0.29, 0.717) is 12.0 Å². The molecular formula is C19H19NO3. The van der Waals surface area contributed by atoms with E-state index in [0.717, 1.165) is 5.56 Å². The molecule has 0 bridgehead atoms. The third-order valence-corrected chi connectivity index (χ3v) is 4.17. The Hall–Kier alpha value is -2.62. The van der Waals surface area contributed by atoms with Crippen molar-refractivity contribution in [1.82, 2.24) is 4.90 Å². The number of rotatable bonds is 3. The van der Waals surface area contributed by atoms with Crippen LogP contribution in [-0.4, -0.2) is 28.5 Å². The molecule has 0 unspecified atom stereocenters. The second-order valence-corrected chi connectivity index (χ2v) is 6.22. The van der Waals surface area contributed by atoms with Crippen molar-refractivity contribution in [2.75, 3.05) is 0 Å². The van der Waals surface area contributed by atoms with Crippen LogP contribution in [0.1, 0.15) is 29.8 Å². The number of nitrogens with zero attached hydrogens (tertiary/aromatic N) is 1. The Morgan fingerprint density at radius 3 is 2.22 bits per heavy atom. The van der Waals surface area contributed by atoms with E-state index in [1.54, 1.807) is 24.3 Å². The molecule has 1 atom stereocenters. The molecule has 1 saturated heterocycles. The zero-order valence-corrected chi connectivity index (χ0v) is 13.2. The minimum absolute atomic E-state index is 0.317. The van der Waals surface area contributed by atoms with Crippen LogP contribution in [0.25, 0.3) is 0 Å². The number of carbonyl (C=O) groups excluding carboxylic acids is 2. The van der Waals surface area contributed by atoms with Crippen molar-refractivity contribution >= 4 is 12.0 Å². The summed E-state index contributed by atoms with van der Waals surface area (Å²) in [7, 11) is 0. The zero-order chi connectivity index (χ0) is 16.4. The topological polar surface area (TPSA) is 46.6 Å². The van der Waals surface area contributed by atoms with Gasteiger partial charge in [0.25, 0.3) is 5.91 Å². The van der Waals surface area contributed by atoms with E-state index in [-0.39, 0.29) is 11.9 Å². The van der Waals surface area contributed by atoms with Gasteiger partial charge in [0.2, 0.25) is 0 Å². The molecule has 2 aromatic rings. The Morgan fingerprint density at radius 1 is 1.04 bits per heavy atom. The molecule has 1 heterocycles. The highest BCUT2D eigenvalue weighted by Crippen LogP contribution is 2.33. The van der Waals surface area contributed by atoms with Gasteiger partial charge in [0, 0.05) is 5.56 Å². The molecule has 118 valence electrons. The van der Waals surface area contributed by atoms with Crippen LogP contribution in [0.4, 0.5) is 4.79 Å². The van der Waals surface area contributed by atoms with Gasteiger partial charge in [-0.1, -0.05) is 48.5 Å². The molecule has 4 nitrogen and oxygen atoms in total. The summed E-state index contributed by atoms with van der Waals surface area (Å²) in [5.41, 5.74) is 0.826. The van der Waals surface area contributed by atoms with Crippen molar-refractivity contribution < 1.29 is 14.3 Å². The first kappa shape index (κ1) is 15.3. The number of amides is 2. The Bertz CT molecular complexity index is 710. The highest BCUT2D eigenvalue weighted by atomic mass is 16.6. The summed E-state index contributed by atoms with van der Waals surface area (Å²) in [4.78, 5) is 26.3. The van der Waals surface area contributed by atoms with E-state index in [4.69, 9.17) is 4.74 Å². The number of hydrogen-bond acceptors (Lipinski definition) is 3. The lowest BCUT2D eigenvalue weighted by molar-refractivity contribution is 0.0651. The summed E-state index contributed by atoms with van der Waals surface area (Å²) in [6.45, 7) is 3.69. The second kappa shape index (κ2) is 5.88. The number of hydrogen-bond donors (Lipinski definition) is 0. The van der Waals surface area contributed by atoms with Gasteiger partial charge in [0.05, 0.1) is 6.04 Å². The first-order valence-corrected chi connectivity index (χ1v) is 7.64. The van der Waals surface area contributed by atoms with Gasteiger partial charge >= 0.3 is 6.09 Å². The summed E-state index contributed by atoms with van der Waals surface area (Å²) in [5.74, 6) is -0.317. The van der Waals surface area contributed by atoms with Gasteiger partial charge in [-0.3, -0.25) is 4.79 Å². The van der Waals surface area contributed by atoms with Gasteiger partial charge in [-0.05, 0) is 38.0 Å².